The van der Waals surface area contributed by atoms with E-state index in [4.69, 9.17) is 5.73 Å². The van der Waals surface area contributed by atoms with Crippen molar-refractivity contribution in [2.75, 3.05) is 19.4 Å². The molecule has 1 rings (SSSR count). The van der Waals surface area contributed by atoms with E-state index >= 15 is 0 Å². The fraction of sp³-hybridized carbons (Fsp3) is 0.500. The second-order valence-electron chi connectivity index (χ2n) is 3.13. The summed E-state index contributed by atoms with van der Waals surface area (Å²) in [4.78, 5) is 10.7. The summed E-state index contributed by atoms with van der Waals surface area (Å²) in [5.74, 6) is -0.792. The van der Waals surface area contributed by atoms with E-state index in [0.29, 0.717) is 6.54 Å². The number of ether oxygens (including phenoxy) is 1. The number of carbonyl (C=O) groups is 1. The van der Waals surface area contributed by atoms with Crippen molar-refractivity contribution < 1.29 is 17.9 Å². The number of rotatable bonds is 5. The predicted molar refractivity (Wildman–Crippen MR) is 59.5 cm³/mol. The summed E-state index contributed by atoms with van der Waals surface area (Å²) in [7, 11) is -2.68. The summed E-state index contributed by atoms with van der Waals surface area (Å²) in [5, 5.41) is 3.80. The molecule has 0 fully saturated rings. The van der Waals surface area contributed by atoms with Gasteiger partial charge in [-0.15, -0.1) is 0 Å². The quantitative estimate of drug-likeness (QED) is 0.653. The predicted octanol–water partition coefficient (Wildman–Crippen LogP) is -1.06. The van der Waals surface area contributed by atoms with Crippen LogP contribution in [0.25, 0.3) is 0 Å². The number of nitrogens with one attached hydrogen (secondary N) is 1. The number of nitrogens with two attached hydrogens (primary N) is 1. The average Bonchev–Trinajstić information content (AvgIpc) is 2.68. The maximum Gasteiger partial charge on any atom is 0.320 e. The fourth-order valence-corrected chi connectivity index (χ4v) is 2.13. The van der Waals surface area contributed by atoms with Gasteiger partial charge in [0.2, 0.25) is 10.0 Å². The topological polar surface area (TPSA) is 116 Å². The van der Waals surface area contributed by atoms with E-state index in [2.05, 4.69) is 14.6 Å². The van der Waals surface area contributed by atoms with Crippen LogP contribution in [0.2, 0.25) is 0 Å². The lowest BCUT2D eigenvalue weighted by molar-refractivity contribution is -0.139. The van der Waals surface area contributed by atoms with Gasteiger partial charge in [0.1, 0.15) is 11.4 Å². The van der Waals surface area contributed by atoms with Gasteiger partial charge in [0, 0.05) is 12.7 Å². The number of nitrogens with zero attached hydrogens (tertiary/aromatic N) is 2. The van der Waals surface area contributed by atoms with Crippen molar-refractivity contribution in [3.05, 3.63) is 6.20 Å². The summed E-state index contributed by atoms with van der Waals surface area (Å²) in [6, 6.07) is 0. The van der Waals surface area contributed by atoms with Gasteiger partial charge in [0.25, 0.3) is 0 Å². The Hall–Kier alpha value is -1.61. The fourth-order valence-electron chi connectivity index (χ4n) is 1.09. The van der Waals surface area contributed by atoms with Crippen LogP contribution >= 0.6 is 0 Å². The molecule has 0 saturated heterocycles. The number of carbonyl (C=O) groups excluding carboxylic acids is 1. The standard InChI is InChI=1S/C8H14N4O4S/c1-3-12-5-6(8(9)11-12)17(14,15)10-4-7(13)16-2/h5,10H,3-4H2,1-2H3,(H2,9,11). The summed E-state index contributed by atoms with van der Waals surface area (Å²) < 4.78 is 31.3. The Morgan fingerprint density at radius 1 is 1.65 bits per heavy atom. The van der Waals surface area contributed by atoms with Crippen molar-refractivity contribution in [2.24, 2.45) is 0 Å². The Balaban J connectivity index is 2.89. The van der Waals surface area contributed by atoms with Crippen LogP contribution in [0.15, 0.2) is 11.1 Å². The maximum atomic E-state index is 11.8. The minimum absolute atomic E-state index is 0.107. The highest BCUT2D eigenvalue weighted by Gasteiger charge is 2.21. The van der Waals surface area contributed by atoms with Crippen LogP contribution in [-0.2, 0) is 26.1 Å². The van der Waals surface area contributed by atoms with Crippen molar-refractivity contribution in [3.8, 4) is 0 Å². The zero-order valence-corrected chi connectivity index (χ0v) is 10.3. The summed E-state index contributed by atoms with van der Waals surface area (Å²) in [6.45, 7) is 1.84. The van der Waals surface area contributed by atoms with Gasteiger partial charge < -0.3 is 10.5 Å². The molecule has 0 unspecified atom stereocenters. The molecule has 1 aromatic heterocycles. The largest absolute Gasteiger partial charge is 0.468 e. The van der Waals surface area contributed by atoms with Crippen molar-refractivity contribution in [1.82, 2.24) is 14.5 Å². The monoisotopic (exact) mass is 262 g/mol. The first-order valence-corrected chi connectivity index (χ1v) is 6.28. The number of hydrogen-bond acceptors (Lipinski definition) is 6. The van der Waals surface area contributed by atoms with Gasteiger partial charge in [-0.1, -0.05) is 0 Å². The van der Waals surface area contributed by atoms with Gasteiger partial charge in [0.05, 0.1) is 7.11 Å². The van der Waals surface area contributed by atoms with Gasteiger partial charge >= 0.3 is 5.97 Å². The number of nitrogen functional groups attached to an aromatic ring is 1. The molecule has 0 aliphatic heterocycles. The van der Waals surface area contributed by atoms with Crippen molar-refractivity contribution in [2.45, 2.75) is 18.4 Å². The summed E-state index contributed by atoms with van der Waals surface area (Å²) in [6.07, 6.45) is 1.30. The second-order valence-corrected chi connectivity index (χ2v) is 4.87. The van der Waals surface area contributed by atoms with E-state index in [1.807, 2.05) is 0 Å². The molecule has 0 saturated carbocycles. The molecule has 0 bridgehead atoms. The normalized spacial score (nSPS) is 11.4. The highest BCUT2D eigenvalue weighted by molar-refractivity contribution is 7.89. The molecule has 0 spiro atoms. The molecule has 8 nitrogen and oxygen atoms in total. The molecule has 1 aromatic rings. The van der Waals surface area contributed by atoms with E-state index in [0.717, 1.165) is 0 Å². The number of aromatic nitrogens is 2. The molecule has 0 aromatic carbocycles. The highest BCUT2D eigenvalue weighted by atomic mass is 32.2. The van der Waals surface area contributed by atoms with Crippen LogP contribution < -0.4 is 10.5 Å². The van der Waals surface area contributed by atoms with E-state index in [1.165, 1.54) is 18.0 Å². The lowest BCUT2D eigenvalue weighted by Gasteiger charge is -2.03. The zero-order valence-electron chi connectivity index (χ0n) is 9.50. The van der Waals surface area contributed by atoms with Gasteiger partial charge in [0.15, 0.2) is 5.82 Å². The van der Waals surface area contributed by atoms with Crippen molar-refractivity contribution in [3.63, 3.8) is 0 Å². The zero-order chi connectivity index (χ0) is 13.1. The molecule has 0 amide bonds. The molecule has 0 aliphatic rings. The molecule has 9 heteroatoms. The Bertz CT molecular complexity index is 508. The van der Waals surface area contributed by atoms with Gasteiger partial charge in [-0.2, -0.15) is 9.82 Å². The number of sulfonamides is 1. The van der Waals surface area contributed by atoms with Crippen LogP contribution in [0.4, 0.5) is 5.82 Å². The maximum absolute atomic E-state index is 11.8. The number of anilines is 1. The Morgan fingerprint density at radius 2 is 2.29 bits per heavy atom. The Kier molecular flexibility index (Phi) is 4.07. The highest BCUT2D eigenvalue weighted by Crippen LogP contribution is 2.15. The summed E-state index contributed by atoms with van der Waals surface area (Å²) >= 11 is 0. The molecule has 0 radical (unpaired) electrons. The van der Waals surface area contributed by atoms with Crippen LogP contribution in [0.5, 0.6) is 0 Å². The number of hydrogen-bond donors (Lipinski definition) is 2. The lowest BCUT2D eigenvalue weighted by atomic mass is 10.6. The second kappa shape index (κ2) is 5.15. The van der Waals surface area contributed by atoms with E-state index in [9.17, 15) is 13.2 Å². The Labute approximate surface area is 98.8 Å². The minimum atomic E-state index is -3.84. The first-order chi connectivity index (χ1) is 7.90. The van der Waals surface area contributed by atoms with Crippen molar-refractivity contribution in [1.29, 1.82) is 0 Å². The molecule has 1 heterocycles. The molecule has 0 aliphatic carbocycles. The van der Waals surface area contributed by atoms with Gasteiger partial charge in [-0.05, 0) is 6.92 Å². The first-order valence-electron chi connectivity index (χ1n) is 4.80. The number of aryl methyl sites for hydroxylation is 1. The van der Waals surface area contributed by atoms with Crippen molar-refractivity contribution >= 4 is 21.8 Å². The molecule has 0 atom stereocenters. The third-order valence-electron chi connectivity index (χ3n) is 2.00. The lowest BCUT2D eigenvalue weighted by Crippen LogP contribution is -2.30. The van der Waals surface area contributed by atoms with Crippen LogP contribution in [0.3, 0.4) is 0 Å². The molecular formula is C8H14N4O4S. The third kappa shape index (κ3) is 3.17. The molecule has 3 N–H and O–H groups in total. The van der Waals surface area contributed by atoms with Gasteiger partial charge in [-0.25, -0.2) is 8.42 Å². The van der Waals surface area contributed by atoms with E-state index in [-0.39, 0.29) is 10.7 Å². The Morgan fingerprint density at radius 3 is 2.76 bits per heavy atom. The summed E-state index contributed by atoms with van der Waals surface area (Å²) in [5.41, 5.74) is 5.47. The van der Waals surface area contributed by atoms with Crippen LogP contribution in [0, 0.1) is 0 Å². The average molecular weight is 262 g/mol. The number of methoxy groups -OCH3 is 1. The van der Waals surface area contributed by atoms with Gasteiger partial charge in [-0.3, -0.25) is 9.48 Å². The smallest absolute Gasteiger partial charge is 0.320 e. The van der Waals surface area contributed by atoms with E-state index in [1.54, 1.807) is 6.92 Å². The SMILES string of the molecule is CCn1cc(S(=O)(=O)NCC(=O)OC)c(N)n1. The molecular weight excluding hydrogens is 248 g/mol. The minimum Gasteiger partial charge on any atom is -0.468 e. The molecule has 17 heavy (non-hydrogen) atoms. The number of esters is 1. The van der Waals surface area contributed by atoms with Crippen LogP contribution in [0.1, 0.15) is 6.92 Å². The molecule has 96 valence electrons. The third-order valence-corrected chi connectivity index (χ3v) is 3.42. The van der Waals surface area contributed by atoms with E-state index < -0.39 is 22.5 Å². The van der Waals surface area contributed by atoms with Crippen LogP contribution in [-0.4, -0.2) is 37.8 Å². The first kappa shape index (κ1) is 13.5.